The zero-order chi connectivity index (χ0) is 91.3. The van der Waals surface area contributed by atoms with Gasteiger partial charge in [-0.15, -0.1) is 35.7 Å². The lowest BCUT2D eigenvalue weighted by atomic mass is 10.1. The third-order valence-electron chi connectivity index (χ3n) is 20.4. The predicted octanol–water partition coefficient (Wildman–Crippen LogP) is 7.67. The van der Waals surface area contributed by atoms with Gasteiger partial charge in [0.2, 0.25) is 32.8 Å². The molecule has 0 spiro atoms. The average molecular weight is 1850 g/mol. The Morgan fingerprint density at radius 2 is 0.977 bits per heavy atom. The Balaban J connectivity index is 0.000000114. The van der Waals surface area contributed by atoms with Gasteiger partial charge in [-0.2, -0.15) is 25.5 Å². The number of carbonyl (C=O) groups excluding carboxylic acids is 4. The van der Waals surface area contributed by atoms with E-state index in [-0.39, 0.29) is 72.3 Å². The third-order valence-corrected chi connectivity index (χ3v) is 23.1. The number of aromatic amines is 3. The van der Waals surface area contributed by atoms with E-state index in [1.807, 2.05) is 148 Å². The number of imidazole rings is 5. The van der Waals surface area contributed by atoms with Crippen LogP contribution in [0.25, 0.3) is 95.3 Å². The Kier molecular flexibility index (Phi) is 24.4. The van der Waals surface area contributed by atoms with E-state index in [1.54, 1.807) is 84.4 Å². The molecule has 2 unspecified atom stereocenters. The second kappa shape index (κ2) is 37.8. The van der Waals surface area contributed by atoms with Gasteiger partial charge in [0.05, 0.1) is 86.4 Å². The van der Waals surface area contributed by atoms with E-state index in [9.17, 15) is 43.4 Å². The van der Waals surface area contributed by atoms with Gasteiger partial charge in [0.25, 0.3) is 0 Å². The molecule has 49 heteroatoms. The molecule has 6 amide bonds. The van der Waals surface area contributed by atoms with Crippen LogP contribution in [-0.4, -0.2) is 225 Å². The number of carbonyl (C=O) groups is 4. The van der Waals surface area contributed by atoms with Gasteiger partial charge < -0.3 is 56.6 Å². The van der Waals surface area contributed by atoms with Gasteiger partial charge in [-0.05, 0) is 194 Å². The molecule has 2 aliphatic rings. The van der Waals surface area contributed by atoms with Gasteiger partial charge in [-0.25, -0.2) is 61.5 Å². The number of benzene rings is 2. The van der Waals surface area contributed by atoms with E-state index in [0.29, 0.717) is 106 Å². The number of nitrogens with zero attached hydrogens (tertiary/aromatic N) is 26. The summed E-state index contributed by atoms with van der Waals surface area (Å²) in [7, 11) is 0. The van der Waals surface area contributed by atoms with Crippen molar-refractivity contribution in [1.29, 1.82) is 0 Å². The van der Waals surface area contributed by atoms with Crippen LogP contribution in [0.3, 0.4) is 0 Å². The fourth-order valence-electron chi connectivity index (χ4n) is 13.6. The number of urea groups is 2. The normalized spacial score (nSPS) is 12.9. The van der Waals surface area contributed by atoms with Crippen molar-refractivity contribution in [2.24, 2.45) is 11.8 Å². The Bertz CT molecular complexity index is 7900. The molecule has 45 nitrogen and oxygen atoms in total. The summed E-state index contributed by atoms with van der Waals surface area (Å²) in [6.45, 7) is 2.09. The lowest BCUT2D eigenvalue weighted by Gasteiger charge is -2.08. The fraction of sp³-hybridized carbons (Fsp3) is 0.179. The van der Waals surface area contributed by atoms with Gasteiger partial charge in [0.1, 0.15) is 26.4 Å². The molecule has 2 aliphatic carbocycles. The van der Waals surface area contributed by atoms with Crippen LogP contribution in [0.2, 0.25) is 0 Å². The van der Waals surface area contributed by atoms with Crippen molar-refractivity contribution in [1.82, 2.24) is 153 Å². The number of halogens is 1. The van der Waals surface area contributed by atoms with E-state index in [1.165, 1.54) is 58.0 Å². The maximum Gasteiger partial charge on any atom is 0.323 e. The summed E-state index contributed by atoms with van der Waals surface area (Å²) in [5.41, 5.74) is 12.7. The molecule has 22 rings (SSSR count). The highest BCUT2D eigenvalue weighted by atomic mass is 32.2. The van der Waals surface area contributed by atoms with E-state index in [4.69, 9.17) is 10.2 Å². The molecule has 670 valence electrons. The number of H-pyrrole nitrogens is 3. The van der Waals surface area contributed by atoms with Crippen molar-refractivity contribution < 1.29 is 44.0 Å². The molecule has 13 N–H and O–H groups in total. The molecule has 18 heterocycles. The van der Waals surface area contributed by atoms with Crippen molar-refractivity contribution in [3.05, 3.63) is 240 Å². The average Bonchev–Trinajstić information content (AvgIpc) is 1.69. The van der Waals surface area contributed by atoms with Crippen LogP contribution in [0.4, 0.5) is 37.3 Å². The first kappa shape index (κ1) is 86.1. The minimum atomic E-state index is -1.04. The topological polar surface area (TPSA) is 563 Å². The molecule has 20 aromatic rings. The zero-order valence-electron chi connectivity index (χ0n) is 69.5. The molecule has 0 saturated heterocycles. The highest BCUT2D eigenvalue weighted by molar-refractivity contribution is 7.99. The van der Waals surface area contributed by atoms with E-state index in [0.717, 1.165) is 81.5 Å². The Morgan fingerprint density at radius 3 is 1.50 bits per heavy atom. The fourth-order valence-corrected chi connectivity index (χ4v) is 15.9. The molecule has 2 aromatic carbocycles. The number of anilines is 4. The Hall–Kier alpha value is -16.4. The second-order valence-corrected chi connectivity index (χ2v) is 33.2. The Morgan fingerprint density at radius 1 is 0.481 bits per heavy atom. The number of aliphatic hydroxyl groups is 4. The number of fused-ring (bicyclic) bond motifs is 8. The molecule has 2 atom stereocenters. The SMILES string of the molecule is CCNC(=O)Nc1cn2nc(Cn3nnc4ccc(-c5cccc(=O)[nH]5)cc43)ccc2n1.O=C(NCC(O)CO)Nc1cn2nc(Sc3nnc4ccc(-c5cccc(F)c5)cn34)ccc2n1.O=C(Nc1cn2nc(Sc3nnc4ccc(-c5c[nH]c(=O)[nH]5)cn34)ccc2n1)C1CC1.O=C(Nc1cn2nc(Sc3nnc4ccc(-c5cnn(CC(O)CO)c5)cn34)ccc2n1)C1CC1. The first-order valence-corrected chi connectivity index (χ1v) is 43.6. The minimum absolute atomic E-state index is 0.00357. The monoisotopic (exact) mass is 1850 g/mol. The number of nitrogens with one attached hydrogen (secondary N) is 9. The van der Waals surface area contributed by atoms with E-state index in [2.05, 4.69) is 133 Å². The van der Waals surface area contributed by atoms with Crippen molar-refractivity contribution in [3.8, 4) is 44.8 Å². The summed E-state index contributed by atoms with van der Waals surface area (Å²) in [5.74, 6) is 1.57. The summed E-state index contributed by atoms with van der Waals surface area (Å²) >= 11 is 3.99. The van der Waals surface area contributed by atoms with Crippen molar-refractivity contribution in [2.75, 3.05) is 47.6 Å². The highest BCUT2D eigenvalue weighted by Gasteiger charge is 2.32. The summed E-state index contributed by atoms with van der Waals surface area (Å²) in [6.07, 6.45) is 19.2. The van der Waals surface area contributed by atoms with Crippen molar-refractivity contribution in [3.63, 3.8) is 0 Å². The molecule has 0 bridgehead atoms. The van der Waals surface area contributed by atoms with Crippen LogP contribution >= 0.6 is 35.3 Å². The third kappa shape index (κ3) is 20.2. The van der Waals surface area contributed by atoms with Crippen LogP contribution in [-0.2, 0) is 22.7 Å². The first-order chi connectivity index (χ1) is 64.7. The molecule has 133 heavy (non-hydrogen) atoms. The standard InChI is InChI=1S/C22H19FN8O3S.C22H21N9O3S.C21H19N9O2.C19H15N9O2S/c23-15-3-1-2-13(8-15)14-4-5-19-27-28-22(30(19)10-14)35-20-7-6-18-25-17(11-31(18)29-20)26-21(34)24-9-16(33)12-32;32-12-16(33)10-29-8-15(7-23-29)14-3-4-19-26-27-22(30(19)9-14)35-20-6-5-18-24-17(11-31(18)28-20)25-21(34)13-1-2-13;1-2-22-21(32)25-18-12-30-19(24-18)9-7-14(27-30)11-29-17-10-13(6-8-16(17)26-28-29)15-4-3-5-20(31)23-15;29-17(10-1-2-10)23-13-9-28-14(22-13)5-6-16(26-28)31-19-25-24-15-4-3-11(8-27(15)19)12-7-20-18(30)21-12/h1-8,10-11,16,32-33H,9,12H2,(H2,24,26,34);3-9,11,13,16,32-33H,1-2,10,12H2,(H,25,34);3-10,12H,2,11H2,1H3,(H,23,31)(H2,22,25,32);3-10H,1-2H2,(H,23,29)(H2,20,21,30). The van der Waals surface area contributed by atoms with Crippen molar-refractivity contribution >= 4 is 133 Å². The van der Waals surface area contributed by atoms with Gasteiger partial charge >= 0.3 is 17.8 Å². The maximum absolute atomic E-state index is 13.7. The predicted molar refractivity (Wildman–Crippen MR) is 482 cm³/mol. The summed E-state index contributed by atoms with van der Waals surface area (Å²) in [6, 6.07) is 41.9. The lowest BCUT2D eigenvalue weighted by molar-refractivity contribution is -0.118. The summed E-state index contributed by atoms with van der Waals surface area (Å²) < 4.78 is 28.9. The minimum Gasteiger partial charge on any atom is -0.394 e. The van der Waals surface area contributed by atoms with Crippen LogP contribution in [0.1, 0.15) is 38.3 Å². The van der Waals surface area contributed by atoms with Gasteiger partial charge in [0.15, 0.2) is 62.8 Å². The van der Waals surface area contributed by atoms with E-state index < -0.39 is 24.8 Å². The molecule has 2 fully saturated rings. The first-order valence-electron chi connectivity index (χ1n) is 41.2. The van der Waals surface area contributed by atoms with E-state index >= 15 is 0 Å². The van der Waals surface area contributed by atoms with Gasteiger partial charge in [-0.1, -0.05) is 29.5 Å². The number of pyridine rings is 4. The number of rotatable bonds is 25. The number of hydrogen-bond acceptors (Lipinski definition) is 30. The number of aliphatic hydroxyl groups excluding tert-OH is 4. The molecular formula is C84H74FN35O10S3. The smallest absolute Gasteiger partial charge is 0.323 e. The molecule has 0 aliphatic heterocycles. The largest absolute Gasteiger partial charge is 0.394 e. The molecule has 18 aromatic heterocycles. The maximum atomic E-state index is 13.7. The van der Waals surface area contributed by atoms with Crippen LogP contribution in [0, 0.1) is 17.7 Å². The van der Waals surface area contributed by atoms with Crippen LogP contribution in [0.15, 0.2) is 248 Å². The number of aromatic nitrogens is 29. The zero-order valence-corrected chi connectivity index (χ0v) is 71.9. The van der Waals surface area contributed by atoms with Crippen LogP contribution < -0.4 is 43.1 Å². The Labute approximate surface area is 757 Å². The summed E-state index contributed by atoms with van der Waals surface area (Å²) in [4.78, 5) is 96.3. The van der Waals surface area contributed by atoms with Crippen LogP contribution in [0.5, 0.6) is 0 Å². The van der Waals surface area contributed by atoms with Gasteiger partial charge in [0, 0.05) is 89.9 Å². The molecular weight excluding hydrogens is 1770 g/mol. The van der Waals surface area contributed by atoms with Gasteiger partial charge in [-0.3, -0.25) is 42.9 Å². The molecule has 0 radical (unpaired) electrons. The summed E-state index contributed by atoms with van der Waals surface area (Å²) in [5, 5.41) is 113. The molecule has 2 saturated carbocycles. The quantitative estimate of drug-likeness (QED) is 0.0261. The highest BCUT2D eigenvalue weighted by Crippen LogP contribution is 2.35. The number of amides is 6. The lowest BCUT2D eigenvalue weighted by Crippen LogP contribution is -2.36. The second-order valence-electron chi connectivity index (χ2n) is 30.3. The van der Waals surface area contributed by atoms with Crippen molar-refractivity contribution in [2.45, 2.75) is 88.5 Å². The number of hydrogen-bond donors (Lipinski definition) is 13.